The third-order valence-electron chi connectivity index (χ3n) is 4.73. The van der Waals surface area contributed by atoms with Crippen LogP contribution in [0.25, 0.3) is 0 Å². The van der Waals surface area contributed by atoms with E-state index in [1.165, 1.54) is 4.88 Å². The largest absolute Gasteiger partial charge is 0.485 e. The maximum atomic E-state index is 6.14. The highest BCUT2D eigenvalue weighted by Crippen LogP contribution is 2.29. The van der Waals surface area contributed by atoms with Crippen LogP contribution in [0.5, 0.6) is 5.75 Å². The molecule has 1 aromatic heterocycles. The Morgan fingerprint density at radius 1 is 1.28 bits per heavy atom. The van der Waals surface area contributed by atoms with Gasteiger partial charge >= 0.3 is 0 Å². The van der Waals surface area contributed by atoms with E-state index in [1.807, 2.05) is 23.7 Å². The second kappa shape index (κ2) is 7.59. The predicted octanol–water partition coefficient (Wildman–Crippen LogP) is 2.28. The zero-order valence-electron chi connectivity index (χ0n) is 14.5. The molecule has 1 saturated heterocycles. The number of hydrogen-bond donors (Lipinski definition) is 1. The van der Waals surface area contributed by atoms with Gasteiger partial charge in [0.25, 0.3) is 0 Å². The summed E-state index contributed by atoms with van der Waals surface area (Å²) in [6.07, 6.45) is 0.199. The molecule has 3 heterocycles. The van der Waals surface area contributed by atoms with Crippen LogP contribution in [-0.4, -0.2) is 62.4 Å². The monoisotopic (exact) mass is 360 g/mol. The average Bonchev–Trinajstić information content (AvgIpc) is 3.11. The topological polar surface area (TPSA) is 49.9 Å². The van der Waals surface area contributed by atoms with Crippen LogP contribution < -0.4 is 15.0 Å². The number of nitrogens with zero attached hydrogens (tertiary/aromatic N) is 3. The molecule has 1 fully saturated rings. The lowest BCUT2D eigenvalue weighted by Crippen LogP contribution is -2.51. The summed E-state index contributed by atoms with van der Waals surface area (Å²) in [5.74, 6) is 2.06. The molecule has 0 aliphatic carbocycles. The van der Waals surface area contributed by atoms with E-state index in [0.29, 0.717) is 6.61 Å². The Balaban J connectivity index is 1.30. The molecule has 134 valence electrons. The first-order valence-electron chi connectivity index (χ1n) is 8.71. The van der Waals surface area contributed by atoms with Gasteiger partial charge < -0.3 is 19.7 Å². The summed E-state index contributed by atoms with van der Waals surface area (Å²) in [5.41, 5.74) is 3.01. The van der Waals surface area contributed by atoms with Gasteiger partial charge in [0.1, 0.15) is 17.7 Å². The molecule has 0 bridgehead atoms. The zero-order chi connectivity index (χ0) is 17.1. The van der Waals surface area contributed by atoms with Gasteiger partial charge in [0, 0.05) is 39.8 Å². The van der Waals surface area contributed by atoms with Gasteiger partial charge in [-0.2, -0.15) is 0 Å². The highest BCUT2D eigenvalue weighted by molar-refractivity contribution is 7.10. The maximum Gasteiger partial charge on any atom is 0.145 e. The zero-order valence-corrected chi connectivity index (χ0v) is 15.3. The first-order chi connectivity index (χ1) is 12.3. The van der Waals surface area contributed by atoms with Gasteiger partial charge in [-0.05, 0) is 12.1 Å². The molecule has 0 amide bonds. The van der Waals surface area contributed by atoms with Crippen molar-refractivity contribution in [1.82, 2.24) is 9.88 Å². The number of nitrogens with one attached hydrogen (secondary N) is 1. The van der Waals surface area contributed by atoms with Gasteiger partial charge in [-0.3, -0.25) is 4.90 Å². The van der Waals surface area contributed by atoms with Crippen LogP contribution in [0.1, 0.15) is 4.88 Å². The lowest BCUT2D eigenvalue weighted by Gasteiger charge is -2.38. The Hall–Kier alpha value is -1.83. The van der Waals surface area contributed by atoms with Crippen molar-refractivity contribution in [2.24, 2.45) is 0 Å². The molecule has 0 radical (unpaired) electrons. The Labute approximate surface area is 152 Å². The van der Waals surface area contributed by atoms with Crippen molar-refractivity contribution in [3.63, 3.8) is 0 Å². The van der Waals surface area contributed by atoms with Crippen molar-refractivity contribution in [1.29, 1.82) is 0 Å². The molecule has 4 rings (SSSR count). The number of ether oxygens (including phenoxy) is 2. The summed E-state index contributed by atoms with van der Waals surface area (Å²) >= 11 is 1.67. The minimum atomic E-state index is 0.199. The molecule has 7 heteroatoms. The molecule has 0 saturated carbocycles. The van der Waals surface area contributed by atoms with Crippen LogP contribution in [0.2, 0.25) is 0 Å². The predicted molar refractivity (Wildman–Crippen MR) is 101 cm³/mol. The standard InChI is InChI=1S/C18H24N4O2S/c1-23-12-17-18(20-13-25-17)22-8-6-21(7-9-22)11-14-10-19-15-4-2-3-5-16(15)24-14/h2-5,13-14,19H,6-12H2,1H3/t14-/m1/s1. The number of fused-ring (bicyclic) bond motifs is 1. The van der Waals surface area contributed by atoms with Crippen LogP contribution in [0.15, 0.2) is 29.8 Å². The van der Waals surface area contributed by atoms with Crippen LogP contribution in [0.3, 0.4) is 0 Å². The molecule has 6 nitrogen and oxygen atoms in total. The van der Waals surface area contributed by atoms with E-state index in [2.05, 4.69) is 26.2 Å². The first-order valence-corrected chi connectivity index (χ1v) is 9.59. The third kappa shape index (κ3) is 3.73. The van der Waals surface area contributed by atoms with Crippen molar-refractivity contribution in [3.05, 3.63) is 34.7 Å². The highest BCUT2D eigenvalue weighted by atomic mass is 32.1. The fraction of sp³-hybridized carbons (Fsp3) is 0.500. The van der Waals surface area contributed by atoms with Crippen molar-refractivity contribution < 1.29 is 9.47 Å². The minimum absolute atomic E-state index is 0.199. The molecule has 2 aliphatic rings. The van der Waals surface area contributed by atoms with Crippen LogP contribution in [0, 0.1) is 0 Å². The Morgan fingerprint density at radius 3 is 2.96 bits per heavy atom. The number of methoxy groups -OCH3 is 1. The molecule has 25 heavy (non-hydrogen) atoms. The smallest absolute Gasteiger partial charge is 0.145 e. The van der Waals surface area contributed by atoms with E-state index in [0.717, 1.165) is 56.5 Å². The van der Waals surface area contributed by atoms with Gasteiger partial charge in [-0.1, -0.05) is 12.1 Å². The third-order valence-corrected chi connectivity index (χ3v) is 5.53. The number of aromatic nitrogens is 1. The molecule has 0 spiro atoms. The quantitative estimate of drug-likeness (QED) is 0.883. The number of benzene rings is 1. The summed E-state index contributed by atoms with van der Waals surface area (Å²) in [6.45, 7) is 6.52. The van der Waals surface area contributed by atoms with Gasteiger partial charge in [-0.15, -0.1) is 11.3 Å². The summed E-state index contributed by atoms with van der Waals surface area (Å²) < 4.78 is 11.4. The van der Waals surface area contributed by atoms with Crippen molar-refractivity contribution in [2.45, 2.75) is 12.7 Å². The van der Waals surface area contributed by atoms with E-state index in [-0.39, 0.29) is 6.10 Å². The minimum Gasteiger partial charge on any atom is -0.485 e. The molecule has 1 atom stereocenters. The molecule has 0 unspecified atom stereocenters. The Morgan fingerprint density at radius 2 is 2.12 bits per heavy atom. The number of thiazole rings is 1. The summed E-state index contributed by atoms with van der Waals surface area (Å²) in [6, 6.07) is 8.15. The van der Waals surface area contributed by atoms with Crippen LogP contribution in [-0.2, 0) is 11.3 Å². The first kappa shape index (κ1) is 16.6. The second-order valence-electron chi connectivity index (χ2n) is 6.44. The Kier molecular flexibility index (Phi) is 5.05. The normalized spacial score (nSPS) is 20.7. The molecule has 2 aromatic rings. The van der Waals surface area contributed by atoms with E-state index in [4.69, 9.17) is 9.47 Å². The van der Waals surface area contributed by atoms with E-state index < -0.39 is 0 Å². The molecular weight excluding hydrogens is 336 g/mol. The van der Waals surface area contributed by atoms with Crippen molar-refractivity contribution in [3.8, 4) is 5.75 Å². The number of rotatable bonds is 5. The lowest BCUT2D eigenvalue weighted by molar-refractivity contribution is 0.131. The van der Waals surface area contributed by atoms with Gasteiger partial charge in [0.15, 0.2) is 0 Å². The number of anilines is 2. The fourth-order valence-corrected chi connectivity index (χ4v) is 4.20. The van der Waals surface area contributed by atoms with Gasteiger partial charge in [0.2, 0.25) is 0 Å². The number of piperazine rings is 1. The van der Waals surface area contributed by atoms with Gasteiger partial charge in [0.05, 0.1) is 29.2 Å². The van der Waals surface area contributed by atoms with Crippen LogP contribution in [0.4, 0.5) is 11.5 Å². The van der Waals surface area contributed by atoms with E-state index >= 15 is 0 Å². The second-order valence-corrected chi connectivity index (χ2v) is 7.38. The molecule has 1 N–H and O–H groups in total. The lowest BCUT2D eigenvalue weighted by atomic mass is 10.2. The van der Waals surface area contributed by atoms with E-state index in [1.54, 1.807) is 18.4 Å². The number of para-hydroxylation sites is 2. The summed E-state index contributed by atoms with van der Waals surface area (Å²) in [7, 11) is 1.73. The average molecular weight is 360 g/mol. The van der Waals surface area contributed by atoms with Crippen molar-refractivity contribution in [2.75, 3.05) is 56.6 Å². The van der Waals surface area contributed by atoms with Crippen LogP contribution >= 0.6 is 11.3 Å². The molecule has 2 aliphatic heterocycles. The molecular formula is C18H24N4O2S. The van der Waals surface area contributed by atoms with Gasteiger partial charge in [-0.25, -0.2) is 4.98 Å². The highest BCUT2D eigenvalue weighted by Gasteiger charge is 2.25. The summed E-state index contributed by atoms with van der Waals surface area (Å²) in [4.78, 5) is 10.6. The maximum absolute atomic E-state index is 6.14. The van der Waals surface area contributed by atoms with E-state index in [9.17, 15) is 0 Å². The number of hydrogen-bond acceptors (Lipinski definition) is 7. The Bertz CT molecular complexity index is 700. The molecule has 1 aromatic carbocycles. The SMILES string of the molecule is COCc1scnc1N1CCN(C[C@H]2CNc3ccccc3O2)CC1. The van der Waals surface area contributed by atoms with Crippen molar-refractivity contribution >= 4 is 22.8 Å². The summed E-state index contributed by atoms with van der Waals surface area (Å²) in [5, 5.41) is 3.47. The fourth-order valence-electron chi connectivity index (χ4n) is 3.44.